The van der Waals surface area contributed by atoms with Gasteiger partial charge in [0.2, 0.25) is 5.91 Å². The van der Waals surface area contributed by atoms with Crippen LogP contribution in [0.15, 0.2) is 36.5 Å². The zero-order chi connectivity index (χ0) is 30.8. The Morgan fingerprint density at radius 2 is 1.37 bits per heavy atom. The van der Waals surface area contributed by atoms with E-state index in [1.807, 2.05) is 27.2 Å². The monoisotopic (exact) mass is 601 g/mol. The van der Waals surface area contributed by atoms with E-state index in [2.05, 4.69) is 43.5 Å². The highest BCUT2D eigenvalue weighted by atomic mass is 31.2. The van der Waals surface area contributed by atoms with E-state index in [0.717, 1.165) is 51.4 Å². The fourth-order valence-corrected chi connectivity index (χ4v) is 4.75. The van der Waals surface area contributed by atoms with Crippen LogP contribution in [0.2, 0.25) is 0 Å². The lowest BCUT2D eigenvalue weighted by Crippen LogP contribution is -2.45. The molecule has 0 saturated carbocycles. The maximum absolute atomic E-state index is 12.6. The number of hydrogen-bond acceptors (Lipinski definition) is 5. The minimum absolute atomic E-state index is 0.0533. The first-order valence-corrected chi connectivity index (χ1v) is 17.4. The van der Waals surface area contributed by atoms with Gasteiger partial charge in [0, 0.05) is 6.42 Å². The maximum Gasteiger partial charge on any atom is 0.472 e. The number of aliphatic hydroxyl groups is 1. The summed E-state index contributed by atoms with van der Waals surface area (Å²) in [6.07, 6.45) is 26.5. The van der Waals surface area contributed by atoms with Gasteiger partial charge in [-0.15, -0.1) is 0 Å². The Kier molecular flexibility index (Phi) is 24.5. The van der Waals surface area contributed by atoms with Gasteiger partial charge >= 0.3 is 7.82 Å². The minimum Gasteiger partial charge on any atom is -0.387 e. The first-order valence-electron chi connectivity index (χ1n) is 15.9. The van der Waals surface area contributed by atoms with E-state index < -0.39 is 20.0 Å². The molecule has 0 aromatic rings. The third kappa shape index (κ3) is 27.3. The molecule has 1 amide bonds. The SMILES string of the molecule is CC/C=C/CC/C=C/CC/C=C/C(O)C(COP(=O)(O)OCC[N+](C)(C)C)NC(=O)CCCCCCCCCCC. The van der Waals surface area contributed by atoms with Gasteiger partial charge in [-0.2, -0.15) is 0 Å². The molecule has 0 aliphatic carbocycles. The zero-order valence-corrected chi connectivity index (χ0v) is 27.7. The predicted octanol–water partition coefficient (Wildman–Crippen LogP) is 7.23. The van der Waals surface area contributed by atoms with Crippen LogP contribution < -0.4 is 5.32 Å². The van der Waals surface area contributed by atoms with E-state index in [1.165, 1.54) is 38.5 Å². The molecule has 3 atom stereocenters. The van der Waals surface area contributed by atoms with Crippen molar-refractivity contribution in [2.24, 2.45) is 0 Å². The highest BCUT2D eigenvalue weighted by Crippen LogP contribution is 2.43. The minimum atomic E-state index is -4.33. The number of carbonyl (C=O) groups excluding carboxylic acids is 1. The lowest BCUT2D eigenvalue weighted by atomic mass is 10.1. The fraction of sp³-hybridized carbons (Fsp3) is 0.781. The Balaban J connectivity index is 4.75. The molecule has 0 fully saturated rings. The lowest BCUT2D eigenvalue weighted by Gasteiger charge is -2.25. The second-order valence-corrected chi connectivity index (χ2v) is 13.2. The van der Waals surface area contributed by atoms with Crippen LogP contribution in [0.25, 0.3) is 0 Å². The van der Waals surface area contributed by atoms with Crippen molar-refractivity contribution in [3.8, 4) is 0 Å². The van der Waals surface area contributed by atoms with Crippen LogP contribution in [0.1, 0.15) is 110 Å². The van der Waals surface area contributed by atoms with Crippen LogP contribution in [-0.2, 0) is 18.4 Å². The number of likely N-dealkylation sites (N-methyl/N-ethyl adjacent to an activating group) is 1. The molecule has 0 radical (unpaired) electrons. The van der Waals surface area contributed by atoms with E-state index in [4.69, 9.17) is 9.05 Å². The molecule has 8 nitrogen and oxygen atoms in total. The Morgan fingerprint density at radius 3 is 1.93 bits per heavy atom. The highest BCUT2D eigenvalue weighted by molar-refractivity contribution is 7.47. The first-order chi connectivity index (χ1) is 19.5. The normalized spacial score (nSPS) is 15.6. The van der Waals surface area contributed by atoms with Gasteiger partial charge in [0.1, 0.15) is 13.2 Å². The lowest BCUT2D eigenvalue weighted by molar-refractivity contribution is -0.870. The van der Waals surface area contributed by atoms with Crippen LogP contribution in [0.4, 0.5) is 0 Å². The molecular weight excluding hydrogens is 539 g/mol. The number of phosphoric ester groups is 1. The Labute approximate surface area is 251 Å². The molecule has 0 aromatic carbocycles. The van der Waals surface area contributed by atoms with E-state index in [0.29, 0.717) is 17.4 Å². The van der Waals surface area contributed by atoms with Crippen molar-refractivity contribution in [1.82, 2.24) is 5.32 Å². The fourth-order valence-electron chi connectivity index (χ4n) is 4.02. The summed E-state index contributed by atoms with van der Waals surface area (Å²) < 4.78 is 23.2. The standard InChI is InChI=1S/C32H61N2O6P/c1-6-8-10-12-14-16-18-19-21-23-25-31(35)30(29-40-41(37,38)39-28-27-34(3,4)5)33-32(36)26-24-22-20-17-15-13-11-9-7-2/h8,10,16,18,23,25,30-31,35H,6-7,9,11-15,17,19-22,24,26-29H2,1-5H3,(H-,33,36,37,38)/p+1/b10-8+,18-16+,25-23+. The number of nitrogens with zero attached hydrogens (tertiary/aromatic N) is 1. The summed E-state index contributed by atoms with van der Waals surface area (Å²) in [5.74, 6) is -0.201. The van der Waals surface area contributed by atoms with Gasteiger partial charge in [-0.05, 0) is 38.5 Å². The molecule has 0 saturated heterocycles. The van der Waals surface area contributed by atoms with Gasteiger partial charge in [0.15, 0.2) is 0 Å². The molecule has 41 heavy (non-hydrogen) atoms. The van der Waals surface area contributed by atoms with E-state index >= 15 is 0 Å². The highest BCUT2D eigenvalue weighted by Gasteiger charge is 2.27. The number of carbonyl (C=O) groups is 1. The summed E-state index contributed by atoms with van der Waals surface area (Å²) in [7, 11) is 1.54. The quantitative estimate of drug-likeness (QED) is 0.0397. The summed E-state index contributed by atoms with van der Waals surface area (Å²) in [4.78, 5) is 22.7. The Morgan fingerprint density at radius 1 is 0.829 bits per heavy atom. The van der Waals surface area contributed by atoms with Crippen LogP contribution in [-0.4, -0.2) is 73.4 Å². The molecule has 0 rings (SSSR count). The third-order valence-corrected chi connectivity index (χ3v) is 7.59. The zero-order valence-electron chi connectivity index (χ0n) is 26.8. The van der Waals surface area contributed by atoms with Gasteiger partial charge in [-0.3, -0.25) is 13.8 Å². The van der Waals surface area contributed by atoms with Crippen molar-refractivity contribution < 1.29 is 32.9 Å². The molecule has 0 aliphatic heterocycles. The summed E-state index contributed by atoms with van der Waals surface area (Å²) in [5.41, 5.74) is 0. The summed E-state index contributed by atoms with van der Waals surface area (Å²) >= 11 is 0. The Bertz CT molecular complexity index is 779. The van der Waals surface area contributed by atoms with E-state index in [1.54, 1.807) is 6.08 Å². The third-order valence-electron chi connectivity index (χ3n) is 6.60. The topological polar surface area (TPSA) is 105 Å². The predicted molar refractivity (Wildman–Crippen MR) is 171 cm³/mol. The second kappa shape index (κ2) is 25.2. The van der Waals surface area contributed by atoms with Crippen molar-refractivity contribution in [3.05, 3.63) is 36.5 Å². The maximum atomic E-state index is 12.6. The van der Waals surface area contributed by atoms with Crippen molar-refractivity contribution in [2.75, 3.05) is 40.9 Å². The van der Waals surface area contributed by atoms with Gasteiger partial charge in [-0.25, -0.2) is 4.57 Å². The number of quaternary nitrogens is 1. The number of allylic oxidation sites excluding steroid dienone is 5. The molecule has 3 unspecified atom stereocenters. The van der Waals surface area contributed by atoms with Gasteiger partial charge in [0.05, 0.1) is 39.9 Å². The van der Waals surface area contributed by atoms with Crippen molar-refractivity contribution in [2.45, 2.75) is 122 Å². The Hall–Kier alpha value is -1.28. The first kappa shape index (κ1) is 39.7. The number of aliphatic hydroxyl groups excluding tert-OH is 1. The molecule has 0 bridgehead atoms. The largest absolute Gasteiger partial charge is 0.472 e. The smallest absolute Gasteiger partial charge is 0.387 e. The van der Waals surface area contributed by atoms with E-state index in [9.17, 15) is 19.4 Å². The number of hydrogen-bond donors (Lipinski definition) is 3. The second-order valence-electron chi connectivity index (χ2n) is 11.8. The molecule has 9 heteroatoms. The van der Waals surface area contributed by atoms with Gasteiger partial charge in [-0.1, -0.05) is 102 Å². The molecule has 0 heterocycles. The van der Waals surface area contributed by atoms with Crippen LogP contribution in [0, 0.1) is 0 Å². The molecule has 0 aliphatic rings. The van der Waals surface area contributed by atoms with Crippen LogP contribution in [0.5, 0.6) is 0 Å². The summed E-state index contributed by atoms with van der Waals surface area (Å²) in [5, 5.41) is 13.6. The van der Waals surface area contributed by atoms with Gasteiger partial charge < -0.3 is 19.8 Å². The molecular formula is C32H62N2O6P+. The van der Waals surface area contributed by atoms with Crippen LogP contribution >= 0.6 is 7.82 Å². The molecule has 0 spiro atoms. The summed E-state index contributed by atoms with van der Waals surface area (Å²) in [6.45, 7) is 4.59. The van der Waals surface area contributed by atoms with Crippen molar-refractivity contribution in [3.63, 3.8) is 0 Å². The number of nitrogens with one attached hydrogen (secondary N) is 1. The number of amides is 1. The van der Waals surface area contributed by atoms with Crippen LogP contribution in [0.3, 0.4) is 0 Å². The van der Waals surface area contributed by atoms with E-state index in [-0.39, 0.29) is 19.1 Å². The molecule has 3 N–H and O–H groups in total. The number of rotatable bonds is 27. The average molecular weight is 602 g/mol. The number of phosphoric acid groups is 1. The molecule has 240 valence electrons. The average Bonchev–Trinajstić information content (AvgIpc) is 2.90. The van der Waals surface area contributed by atoms with Crippen molar-refractivity contribution in [1.29, 1.82) is 0 Å². The number of unbranched alkanes of at least 4 members (excludes halogenated alkanes) is 10. The van der Waals surface area contributed by atoms with Crippen molar-refractivity contribution >= 4 is 13.7 Å². The van der Waals surface area contributed by atoms with Gasteiger partial charge in [0.25, 0.3) is 0 Å². The summed E-state index contributed by atoms with van der Waals surface area (Å²) in [6, 6.07) is -0.860. The molecule has 0 aromatic heterocycles.